The largest absolute Gasteiger partial charge is 0.496 e. The minimum atomic E-state index is -0.407. The van der Waals surface area contributed by atoms with Gasteiger partial charge in [0.1, 0.15) is 11.4 Å². The van der Waals surface area contributed by atoms with Gasteiger partial charge in [-0.1, -0.05) is 65.7 Å². The highest BCUT2D eigenvalue weighted by atomic mass is 35.5. The van der Waals surface area contributed by atoms with Crippen LogP contribution in [-0.2, 0) is 16.1 Å². The fourth-order valence-corrected chi connectivity index (χ4v) is 4.02. The van der Waals surface area contributed by atoms with E-state index in [0.29, 0.717) is 21.9 Å². The Hall–Kier alpha value is -3.57. The lowest BCUT2D eigenvalue weighted by atomic mass is 10.0. The normalized spacial score (nSPS) is 13.7. The molecule has 0 bridgehead atoms. The molecule has 3 aromatic carbocycles. The molecule has 0 spiro atoms. The molecule has 0 atom stereocenters. The van der Waals surface area contributed by atoms with E-state index in [-0.39, 0.29) is 17.8 Å². The first-order valence-corrected chi connectivity index (χ1v) is 10.6. The Morgan fingerprint density at radius 2 is 1.66 bits per heavy atom. The first-order chi connectivity index (χ1) is 15.4. The molecule has 0 radical (unpaired) electrons. The van der Waals surface area contributed by atoms with E-state index in [1.54, 1.807) is 31.4 Å². The number of anilines is 1. The van der Waals surface area contributed by atoms with Gasteiger partial charge in [-0.3, -0.25) is 14.5 Å². The second-order valence-corrected chi connectivity index (χ2v) is 8.09. The van der Waals surface area contributed by atoms with Crippen LogP contribution in [0.4, 0.5) is 5.69 Å². The zero-order valence-electron chi connectivity index (χ0n) is 18.1. The van der Waals surface area contributed by atoms with Crippen LogP contribution in [0.25, 0.3) is 5.57 Å². The Bertz CT molecular complexity index is 1250. The Labute approximate surface area is 192 Å². The number of benzene rings is 3. The fourth-order valence-electron chi connectivity index (χ4n) is 3.82. The van der Waals surface area contributed by atoms with Crippen LogP contribution in [0.1, 0.15) is 22.3 Å². The van der Waals surface area contributed by atoms with Gasteiger partial charge in [0.25, 0.3) is 11.8 Å². The Balaban J connectivity index is 1.81. The first-order valence-electron chi connectivity index (χ1n) is 10.2. The molecular weight excluding hydrogens is 424 g/mol. The summed E-state index contributed by atoms with van der Waals surface area (Å²) >= 11 is 6.30. The number of ether oxygens (including phenoxy) is 1. The summed E-state index contributed by atoms with van der Waals surface area (Å²) in [5.74, 6) is -0.286. The summed E-state index contributed by atoms with van der Waals surface area (Å²) in [7, 11) is 1.54. The molecule has 0 unspecified atom stereocenters. The van der Waals surface area contributed by atoms with Crippen molar-refractivity contribution >= 4 is 34.7 Å². The minimum absolute atomic E-state index is 0.0774. The molecule has 6 heteroatoms. The second kappa shape index (κ2) is 8.89. The van der Waals surface area contributed by atoms with Crippen molar-refractivity contribution in [3.63, 3.8) is 0 Å². The van der Waals surface area contributed by atoms with Crippen molar-refractivity contribution in [1.29, 1.82) is 0 Å². The zero-order chi connectivity index (χ0) is 22.8. The number of nitrogens with one attached hydrogen (secondary N) is 1. The van der Waals surface area contributed by atoms with Gasteiger partial charge in [0, 0.05) is 16.3 Å². The van der Waals surface area contributed by atoms with Gasteiger partial charge in [0.15, 0.2) is 0 Å². The Morgan fingerprint density at radius 1 is 0.938 bits per heavy atom. The summed E-state index contributed by atoms with van der Waals surface area (Å²) in [6, 6.07) is 20.3. The van der Waals surface area contributed by atoms with Crippen LogP contribution in [0, 0.1) is 13.8 Å². The number of imide groups is 1. The molecule has 1 aliphatic rings. The van der Waals surface area contributed by atoms with E-state index >= 15 is 0 Å². The van der Waals surface area contributed by atoms with Crippen LogP contribution in [-0.4, -0.2) is 23.8 Å². The zero-order valence-corrected chi connectivity index (χ0v) is 18.9. The molecule has 0 aliphatic carbocycles. The van der Waals surface area contributed by atoms with Gasteiger partial charge in [-0.05, 0) is 43.2 Å². The number of amides is 2. The minimum Gasteiger partial charge on any atom is -0.496 e. The quantitative estimate of drug-likeness (QED) is 0.518. The van der Waals surface area contributed by atoms with Crippen molar-refractivity contribution in [3.8, 4) is 5.75 Å². The van der Waals surface area contributed by atoms with Crippen LogP contribution in [0.5, 0.6) is 5.75 Å². The van der Waals surface area contributed by atoms with Gasteiger partial charge in [-0.2, -0.15) is 0 Å². The van der Waals surface area contributed by atoms with E-state index in [9.17, 15) is 9.59 Å². The summed E-state index contributed by atoms with van der Waals surface area (Å²) in [6.07, 6.45) is 0. The summed E-state index contributed by atoms with van der Waals surface area (Å²) in [5, 5.41) is 3.73. The van der Waals surface area contributed by atoms with Gasteiger partial charge in [0.05, 0.1) is 19.2 Å². The predicted octanol–water partition coefficient (Wildman–Crippen LogP) is 5.36. The second-order valence-electron chi connectivity index (χ2n) is 7.68. The maximum absolute atomic E-state index is 13.5. The highest BCUT2D eigenvalue weighted by Gasteiger charge is 2.40. The van der Waals surface area contributed by atoms with E-state index < -0.39 is 11.8 Å². The maximum Gasteiger partial charge on any atom is 0.278 e. The van der Waals surface area contributed by atoms with Crippen molar-refractivity contribution in [2.24, 2.45) is 0 Å². The molecular formula is C26H23ClN2O3. The van der Waals surface area contributed by atoms with Gasteiger partial charge in [-0.15, -0.1) is 0 Å². The molecule has 0 fully saturated rings. The predicted molar refractivity (Wildman–Crippen MR) is 126 cm³/mol. The summed E-state index contributed by atoms with van der Waals surface area (Å²) in [5.41, 5.74) is 4.60. The molecule has 1 heterocycles. The molecule has 0 saturated carbocycles. The third-order valence-corrected chi connectivity index (χ3v) is 5.84. The molecule has 0 saturated heterocycles. The third-order valence-electron chi connectivity index (χ3n) is 5.47. The van der Waals surface area contributed by atoms with Crippen molar-refractivity contribution in [2.45, 2.75) is 20.4 Å². The number of para-hydroxylation sites is 1. The molecule has 0 aromatic heterocycles. The molecule has 4 rings (SSSR count). The monoisotopic (exact) mass is 446 g/mol. The average molecular weight is 447 g/mol. The van der Waals surface area contributed by atoms with Crippen LogP contribution in [0.3, 0.4) is 0 Å². The van der Waals surface area contributed by atoms with Crippen molar-refractivity contribution < 1.29 is 14.3 Å². The molecule has 162 valence electrons. The topological polar surface area (TPSA) is 58.6 Å². The number of methoxy groups -OCH3 is 1. The standard InChI is InChI=1S/C26H23ClN2O3/c1-16-12-13-21(17(2)14-16)28-24-23(19-9-5-7-11-22(19)32-3)25(30)29(26(24)31)15-18-8-4-6-10-20(18)27/h4-14,28H,15H2,1-3H3. The summed E-state index contributed by atoms with van der Waals surface area (Å²) < 4.78 is 5.49. The van der Waals surface area contributed by atoms with E-state index in [0.717, 1.165) is 16.8 Å². The smallest absolute Gasteiger partial charge is 0.278 e. The number of nitrogens with zero attached hydrogens (tertiary/aromatic N) is 1. The van der Waals surface area contributed by atoms with E-state index in [2.05, 4.69) is 5.32 Å². The van der Waals surface area contributed by atoms with Crippen LogP contribution in [0.15, 0.2) is 72.4 Å². The molecule has 3 aromatic rings. The van der Waals surface area contributed by atoms with Crippen LogP contribution >= 0.6 is 11.6 Å². The Kier molecular flexibility index (Phi) is 6.01. The lowest BCUT2D eigenvalue weighted by Crippen LogP contribution is -2.32. The molecule has 5 nitrogen and oxygen atoms in total. The lowest BCUT2D eigenvalue weighted by molar-refractivity contribution is -0.137. The number of aryl methyl sites for hydroxylation is 2. The highest BCUT2D eigenvalue weighted by molar-refractivity contribution is 6.37. The molecule has 1 N–H and O–H groups in total. The Morgan fingerprint density at radius 3 is 2.38 bits per heavy atom. The number of hydrogen-bond acceptors (Lipinski definition) is 4. The van der Waals surface area contributed by atoms with E-state index in [1.165, 1.54) is 4.90 Å². The number of halogens is 1. The maximum atomic E-state index is 13.5. The molecule has 1 aliphatic heterocycles. The van der Waals surface area contributed by atoms with Crippen molar-refractivity contribution in [3.05, 3.63) is 99.7 Å². The molecule has 32 heavy (non-hydrogen) atoms. The number of rotatable bonds is 6. The SMILES string of the molecule is COc1ccccc1C1=C(Nc2ccc(C)cc2C)C(=O)N(Cc2ccccc2Cl)C1=O. The van der Waals surface area contributed by atoms with Gasteiger partial charge < -0.3 is 10.1 Å². The lowest BCUT2D eigenvalue weighted by Gasteiger charge is -2.16. The van der Waals surface area contributed by atoms with Gasteiger partial charge >= 0.3 is 0 Å². The van der Waals surface area contributed by atoms with Crippen molar-refractivity contribution in [2.75, 3.05) is 12.4 Å². The summed E-state index contributed by atoms with van der Waals surface area (Å²) in [6.45, 7) is 4.04. The summed E-state index contributed by atoms with van der Waals surface area (Å²) in [4.78, 5) is 28.3. The first kappa shape index (κ1) is 21.7. The van der Waals surface area contributed by atoms with E-state index in [4.69, 9.17) is 16.3 Å². The van der Waals surface area contributed by atoms with Crippen molar-refractivity contribution in [1.82, 2.24) is 4.90 Å². The average Bonchev–Trinajstić information content (AvgIpc) is 3.01. The van der Waals surface area contributed by atoms with Gasteiger partial charge in [0.2, 0.25) is 0 Å². The van der Waals surface area contributed by atoms with Crippen LogP contribution < -0.4 is 10.1 Å². The number of carbonyl (C=O) groups is 2. The molecule has 2 amide bonds. The van der Waals surface area contributed by atoms with Gasteiger partial charge in [-0.25, -0.2) is 0 Å². The fraction of sp³-hybridized carbons (Fsp3) is 0.154. The third kappa shape index (κ3) is 3.99. The number of carbonyl (C=O) groups excluding carboxylic acids is 2. The number of hydrogen-bond donors (Lipinski definition) is 1. The highest BCUT2D eigenvalue weighted by Crippen LogP contribution is 2.36. The van der Waals surface area contributed by atoms with Crippen LogP contribution in [0.2, 0.25) is 5.02 Å². The van der Waals surface area contributed by atoms with E-state index in [1.807, 2.05) is 56.3 Å².